The van der Waals surface area contributed by atoms with E-state index in [1.54, 1.807) is 6.33 Å². The third-order valence-electron chi connectivity index (χ3n) is 2.53. The molecule has 19 heavy (non-hydrogen) atoms. The fourth-order valence-electron chi connectivity index (χ4n) is 1.56. The van der Waals surface area contributed by atoms with E-state index in [1.165, 1.54) is 0 Å². The molecule has 0 spiro atoms. The second-order valence-corrected chi connectivity index (χ2v) is 3.96. The fourth-order valence-corrected chi connectivity index (χ4v) is 1.56. The first-order valence-corrected chi connectivity index (χ1v) is 6.04. The van der Waals surface area contributed by atoms with Gasteiger partial charge in [-0.3, -0.25) is 0 Å². The van der Waals surface area contributed by atoms with Gasteiger partial charge in [-0.25, -0.2) is 9.37 Å². The van der Waals surface area contributed by atoms with Crippen molar-refractivity contribution in [1.82, 2.24) is 24.7 Å². The van der Waals surface area contributed by atoms with E-state index in [9.17, 15) is 4.39 Å². The van der Waals surface area contributed by atoms with Crippen molar-refractivity contribution in [2.45, 2.75) is 13.3 Å². The molecule has 0 saturated heterocycles. The summed E-state index contributed by atoms with van der Waals surface area (Å²) in [6.07, 6.45) is 3.41. The summed E-state index contributed by atoms with van der Waals surface area (Å²) in [4.78, 5) is 7.89. The Hall–Kier alpha value is -2.25. The van der Waals surface area contributed by atoms with Crippen LogP contribution in [0.3, 0.4) is 0 Å². The van der Waals surface area contributed by atoms with Gasteiger partial charge in [0.1, 0.15) is 12.2 Å². The Balaban J connectivity index is 1.95. The molecule has 2 N–H and O–H groups in total. The van der Waals surface area contributed by atoms with Crippen LogP contribution >= 0.6 is 0 Å². The van der Waals surface area contributed by atoms with Crippen LogP contribution in [0.2, 0.25) is 0 Å². The number of halogens is 1. The summed E-state index contributed by atoms with van der Waals surface area (Å²) >= 11 is 0. The standard InChI is InChI=1S/C11H16FN7/c1-3-13-11-15-6-8(12)10(17-11)14-5-4-9-18-16-7-19(9)2/h6-7H,3-5H2,1-2H3,(H2,13,14,15,17). The molecule has 0 fully saturated rings. The lowest BCUT2D eigenvalue weighted by atomic mass is 10.4. The second kappa shape index (κ2) is 6.07. The van der Waals surface area contributed by atoms with Crippen LogP contribution in [0, 0.1) is 5.82 Å². The second-order valence-electron chi connectivity index (χ2n) is 3.96. The summed E-state index contributed by atoms with van der Waals surface area (Å²) in [5.74, 6) is 0.951. The smallest absolute Gasteiger partial charge is 0.224 e. The predicted octanol–water partition coefficient (Wildman–Crippen LogP) is 0.831. The van der Waals surface area contributed by atoms with Crippen molar-refractivity contribution >= 4 is 11.8 Å². The number of anilines is 2. The van der Waals surface area contributed by atoms with Gasteiger partial charge in [0.05, 0.1) is 6.20 Å². The van der Waals surface area contributed by atoms with E-state index in [0.29, 0.717) is 25.5 Å². The Morgan fingerprint density at radius 2 is 2.21 bits per heavy atom. The van der Waals surface area contributed by atoms with Gasteiger partial charge in [-0.1, -0.05) is 0 Å². The van der Waals surface area contributed by atoms with Gasteiger partial charge in [0.25, 0.3) is 0 Å². The first-order chi connectivity index (χ1) is 9.20. The summed E-state index contributed by atoms with van der Waals surface area (Å²) in [5.41, 5.74) is 0. The van der Waals surface area contributed by atoms with Gasteiger partial charge in [-0.2, -0.15) is 4.98 Å². The zero-order valence-electron chi connectivity index (χ0n) is 10.9. The van der Waals surface area contributed by atoms with E-state index >= 15 is 0 Å². The number of nitrogens with zero attached hydrogens (tertiary/aromatic N) is 5. The van der Waals surface area contributed by atoms with Crippen molar-refractivity contribution in [3.8, 4) is 0 Å². The zero-order valence-corrected chi connectivity index (χ0v) is 10.9. The van der Waals surface area contributed by atoms with Gasteiger partial charge >= 0.3 is 0 Å². The molecule has 0 amide bonds. The number of hydrogen-bond donors (Lipinski definition) is 2. The van der Waals surface area contributed by atoms with E-state index in [-0.39, 0.29) is 5.82 Å². The molecule has 2 aromatic rings. The molecular weight excluding hydrogens is 249 g/mol. The maximum absolute atomic E-state index is 13.5. The molecule has 2 heterocycles. The third kappa shape index (κ3) is 3.36. The first-order valence-electron chi connectivity index (χ1n) is 6.04. The molecule has 102 valence electrons. The van der Waals surface area contributed by atoms with Gasteiger partial charge < -0.3 is 15.2 Å². The maximum Gasteiger partial charge on any atom is 0.224 e. The molecule has 0 radical (unpaired) electrons. The molecule has 0 atom stereocenters. The monoisotopic (exact) mass is 265 g/mol. The summed E-state index contributed by atoms with van der Waals surface area (Å²) in [6.45, 7) is 3.13. The third-order valence-corrected chi connectivity index (χ3v) is 2.53. The molecule has 2 aromatic heterocycles. The SMILES string of the molecule is CCNc1ncc(F)c(NCCc2nncn2C)n1. The molecule has 0 bridgehead atoms. The van der Waals surface area contributed by atoms with Crippen molar-refractivity contribution in [2.75, 3.05) is 23.7 Å². The Labute approximate surface area is 110 Å². The Morgan fingerprint density at radius 1 is 1.37 bits per heavy atom. The molecular formula is C11H16FN7. The Bertz CT molecular complexity index is 540. The van der Waals surface area contributed by atoms with Gasteiger partial charge in [0, 0.05) is 26.6 Å². The highest BCUT2D eigenvalue weighted by atomic mass is 19.1. The van der Waals surface area contributed by atoms with E-state index in [4.69, 9.17) is 0 Å². The van der Waals surface area contributed by atoms with Crippen LogP contribution in [0.15, 0.2) is 12.5 Å². The average molecular weight is 265 g/mol. The van der Waals surface area contributed by atoms with Crippen LogP contribution in [0.5, 0.6) is 0 Å². The topological polar surface area (TPSA) is 80.5 Å². The van der Waals surface area contributed by atoms with Gasteiger partial charge in [0.15, 0.2) is 11.6 Å². The number of nitrogens with one attached hydrogen (secondary N) is 2. The molecule has 0 aromatic carbocycles. The van der Waals surface area contributed by atoms with Crippen LogP contribution in [0.1, 0.15) is 12.7 Å². The van der Waals surface area contributed by atoms with Crippen LogP contribution < -0.4 is 10.6 Å². The van der Waals surface area contributed by atoms with Crippen LogP contribution in [-0.2, 0) is 13.5 Å². The summed E-state index contributed by atoms with van der Waals surface area (Å²) in [6, 6.07) is 0. The van der Waals surface area contributed by atoms with E-state index in [1.807, 2.05) is 18.5 Å². The highest BCUT2D eigenvalue weighted by Crippen LogP contribution is 2.11. The maximum atomic E-state index is 13.5. The molecule has 7 nitrogen and oxygen atoms in total. The lowest BCUT2D eigenvalue weighted by molar-refractivity contribution is 0.616. The van der Waals surface area contributed by atoms with Gasteiger partial charge in [0.2, 0.25) is 5.95 Å². The molecule has 2 rings (SSSR count). The van der Waals surface area contributed by atoms with Crippen molar-refractivity contribution in [2.24, 2.45) is 7.05 Å². The van der Waals surface area contributed by atoms with Gasteiger partial charge in [-0.15, -0.1) is 10.2 Å². The van der Waals surface area contributed by atoms with Crippen LogP contribution in [-0.4, -0.2) is 37.8 Å². The number of aryl methyl sites for hydroxylation is 1. The van der Waals surface area contributed by atoms with Crippen LogP contribution in [0.25, 0.3) is 0 Å². The Kier molecular flexibility index (Phi) is 4.22. The molecule has 0 unspecified atom stereocenters. The quantitative estimate of drug-likeness (QED) is 0.805. The minimum Gasteiger partial charge on any atom is -0.367 e. The minimum atomic E-state index is -0.473. The number of hydrogen-bond acceptors (Lipinski definition) is 6. The van der Waals surface area contributed by atoms with E-state index in [2.05, 4.69) is 30.8 Å². The highest BCUT2D eigenvalue weighted by Gasteiger charge is 2.07. The van der Waals surface area contributed by atoms with Crippen molar-refractivity contribution < 1.29 is 4.39 Å². The van der Waals surface area contributed by atoms with Crippen LogP contribution in [0.4, 0.5) is 16.2 Å². The largest absolute Gasteiger partial charge is 0.367 e. The lowest BCUT2D eigenvalue weighted by Gasteiger charge is -2.08. The number of aromatic nitrogens is 5. The molecule has 8 heteroatoms. The summed E-state index contributed by atoms with van der Waals surface area (Å²) in [7, 11) is 1.86. The fraction of sp³-hybridized carbons (Fsp3) is 0.455. The predicted molar refractivity (Wildman–Crippen MR) is 69.4 cm³/mol. The lowest BCUT2D eigenvalue weighted by Crippen LogP contribution is -2.12. The number of rotatable bonds is 6. The normalized spacial score (nSPS) is 10.5. The van der Waals surface area contributed by atoms with E-state index in [0.717, 1.165) is 12.0 Å². The van der Waals surface area contributed by atoms with Crippen molar-refractivity contribution in [3.05, 3.63) is 24.2 Å². The molecule has 0 aliphatic heterocycles. The zero-order chi connectivity index (χ0) is 13.7. The molecule has 0 aliphatic rings. The molecule has 0 saturated carbocycles. The average Bonchev–Trinajstić information content (AvgIpc) is 2.79. The van der Waals surface area contributed by atoms with Crippen molar-refractivity contribution in [3.63, 3.8) is 0 Å². The minimum absolute atomic E-state index is 0.188. The first kappa shape index (κ1) is 13.2. The van der Waals surface area contributed by atoms with E-state index < -0.39 is 5.82 Å². The molecule has 0 aliphatic carbocycles. The van der Waals surface area contributed by atoms with Crippen molar-refractivity contribution in [1.29, 1.82) is 0 Å². The summed E-state index contributed by atoms with van der Waals surface area (Å²) in [5, 5.41) is 13.6. The highest BCUT2D eigenvalue weighted by molar-refractivity contribution is 5.40. The summed E-state index contributed by atoms with van der Waals surface area (Å²) < 4.78 is 15.3. The van der Waals surface area contributed by atoms with Gasteiger partial charge in [-0.05, 0) is 6.92 Å². The Morgan fingerprint density at radius 3 is 2.89 bits per heavy atom.